The van der Waals surface area contributed by atoms with E-state index in [0.717, 1.165) is 19.3 Å². The molecule has 2 aliphatic rings. The fourth-order valence-corrected chi connectivity index (χ4v) is 2.43. The first kappa shape index (κ1) is 12.6. The molecule has 1 heterocycles. The summed E-state index contributed by atoms with van der Waals surface area (Å²) in [6.07, 6.45) is 6.75. The van der Waals surface area contributed by atoms with Crippen molar-refractivity contribution >= 4 is 5.97 Å². The quantitative estimate of drug-likeness (QED) is 0.416. The van der Waals surface area contributed by atoms with Gasteiger partial charge in [-0.25, -0.2) is 14.8 Å². The van der Waals surface area contributed by atoms with E-state index in [1.165, 1.54) is 32.1 Å². The third-order valence-electron chi connectivity index (χ3n) is 3.51. The van der Waals surface area contributed by atoms with E-state index in [-0.39, 0.29) is 5.97 Å². The molecule has 2 fully saturated rings. The second-order valence-electron chi connectivity index (χ2n) is 5.02. The van der Waals surface area contributed by atoms with Crippen molar-refractivity contribution in [2.24, 2.45) is 0 Å². The summed E-state index contributed by atoms with van der Waals surface area (Å²) >= 11 is 0. The highest BCUT2D eigenvalue weighted by Gasteiger charge is 2.37. The van der Waals surface area contributed by atoms with Gasteiger partial charge in [-0.3, -0.25) is 0 Å². The summed E-state index contributed by atoms with van der Waals surface area (Å²) in [7, 11) is 0. The Hall–Kier alpha value is -0.870. The van der Waals surface area contributed by atoms with Crippen LogP contribution in [0.1, 0.15) is 39.0 Å². The van der Waals surface area contributed by atoms with Crippen LogP contribution in [-0.2, 0) is 9.53 Å². The van der Waals surface area contributed by atoms with Crippen LogP contribution in [0, 0.1) is 0 Å². The molecule has 0 N–H and O–H groups in total. The molecule has 2 unspecified atom stereocenters. The van der Waals surface area contributed by atoms with Crippen LogP contribution in [0.25, 0.3) is 0 Å². The van der Waals surface area contributed by atoms with Crippen LogP contribution in [-0.4, -0.2) is 41.8 Å². The monoisotopic (exact) mass is 238 g/mol. The lowest BCUT2D eigenvalue weighted by Gasteiger charge is -2.22. The summed E-state index contributed by atoms with van der Waals surface area (Å²) in [4.78, 5) is 11.2. The molecule has 1 saturated carbocycles. The van der Waals surface area contributed by atoms with E-state index in [2.05, 4.69) is 16.6 Å². The summed E-state index contributed by atoms with van der Waals surface area (Å²) in [5.41, 5.74) is 0.472. The average molecular weight is 238 g/mol. The first-order valence-corrected chi connectivity index (χ1v) is 6.52. The second kappa shape index (κ2) is 5.65. The second-order valence-corrected chi connectivity index (χ2v) is 5.02. The number of hydrogen-bond donors (Lipinski definition) is 0. The maximum absolute atomic E-state index is 11.2. The number of carbonyl (C=O) groups excluding carboxylic acids is 1. The van der Waals surface area contributed by atoms with Gasteiger partial charge in [-0.2, -0.15) is 0 Å². The van der Waals surface area contributed by atoms with Gasteiger partial charge in [-0.1, -0.05) is 25.8 Å². The molecule has 4 nitrogen and oxygen atoms in total. The number of rotatable bonds is 5. The van der Waals surface area contributed by atoms with E-state index in [0.29, 0.717) is 12.2 Å². The Labute approximate surface area is 103 Å². The number of hydrogen-bond acceptors (Lipinski definition) is 4. The van der Waals surface area contributed by atoms with Crippen LogP contribution < -0.4 is 0 Å². The molecule has 1 aliphatic heterocycles. The average Bonchev–Trinajstić information content (AvgIpc) is 3.09. The maximum Gasteiger partial charge on any atom is 0.333 e. The zero-order chi connectivity index (χ0) is 12.3. The zero-order valence-corrected chi connectivity index (χ0v) is 10.7. The first-order valence-electron chi connectivity index (χ1n) is 6.52. The van der Waals surface area contributed by atoms with Crippen LogP contribution >= 0.6 is 0 Å². The van der Waals surface area contributed by atoms with Gasteiger partial charge in [0.15, 0.2) is 0 Å². The lowest BCUT2D eigenvalue weighted by atomic mass is 9.96. The molecular weight excluding hydrogens is 216 g/mol. The van der Waals surface area contributed by atoms with E-state index in [1.54, 1.807) is 6.92 Å². The molecule has 2 atom stereocenters. The molecule has 0 aromatic rings. The van der Waals surface area contributed by atoms with E-state index in [9.17, 15) is 4.79 Å². The SMILES string of the molecule is C=C(C)C(=O)OCCN1CN1C1CCCCC1. The number of nitrogens with zero attached hydrogens (tertiary/aromatic N) is 2. The minimum atomic E-state index is -0.281. The summed E-state index contributed by atoms with van der Waals surface area (Å²) in [6.45, 7) is 7.55. The minimum Gasteiger partial charge on any atom is -0.461 e. The van der Waals surface area contributed by atoms with E-state index >= 15 is 0 Å². The minimum absolute atomic E-state index is 0.281. The van der Waals surface area contributed by atoms with Crippen molar-refractivity contribution in [3.63, 3.8) is 0 Å². The highest BCUT2D eigenvalue weighted by Crippen LogP contribution is 2.29. The third-order valence-corrected chi connectivity index (χ3v) is 3.51. The molecule has 96 valence electrons. The van der Waals surface area contributed by atoms with Crippen molar-refractivity contribution in [1.82, 2.24) is 10.0 Å². The molecule has 1 saturated heterocycles. The highest BCUT2D eigenvalue weighted by molar-refractivity contribution is 5.86. The number of hydrazine groups is 1. The van der Waals surface area contributed by atoms with Crippen LogP contribution in [0.3, 0.4) is 0 Å². The van der Waals surface area contributed by atoms with Gasteiger partial charge in [0, 0.05) is 18.2 Å². The molecular formula is C13H22N2O2. The van der Waals surface area contributed by atoms with Gasteiger partial charge < -0.3 is 4.74 Å². The summed E-state index contributed by atoms with van der Waals surface area (Å²) in [5, 5.41) is 4.68. The summed E-state index contributed by atoms with van der Waals surface area (Å²) in [6, 6.07) is 0.737. The Morgan fingerprint density at radius 2 is 2.06 bits per heavy atom. The lowest BCUT2D eigenvalue weighted by Crippen LogP contribution is -2.26. The fourth-order valence-electron chi connectivity index (χ4n) is 2.43. The van der Waals surface area contributed by atoms with Gasteiger partial charge in [0.1, 0.15) is 6.61 Å². The molecule has 17 heavy (non-hydrogen) atoms. The molecule has 2 rings (SSSR count). The largest absolute Gasteiger partial charge is 0.461 e. The van der Waals surface area contributed by atoms with Crippen molar-refractivity contribution in [3.8, 4) is 0 Å². The fraction of sp³-hybridized carbons (Fsp3) is 0.769. The maximum atomic E-state index is 11.2. The number of ether oxygens (including phenoxy) is 1. The topological polar surface area (TPSA) is 32.3 Å². The van der Waals surface area contributed by atoms with Gasteiger partial charge in [-0.05, 0) is 19.8 Å². The van der Waals surface area contributed by atoms with Crippen LogP contribution in [0.2, 0.25) is 0 Å². The highest BCUT2D eigenvalue weighted by atomic mass is 16.5. The first-order chi connectivity index (χ1) is 8.18. The molecule has 0 radical (unpaired) electrons. The van der Waals surface area contributed by atoms with E-state index < -0.39 is 0 Å². The van der Waals surface area contributed by atoms with Crippen molar-refractivity contribution < 1.29 is 9.53 Å². The van der Waals surface area contributed by atoms with Gasteiger partial charge in [0.05, 0.1) is 6.67 Å². The molecule has 0 aromatic heterocycles. The van der Waals surface area contributed by atoms with Gasteiger partial charge >= 0.3 is 5.97 Å². The lowest BCUT2D eigenvalue weighted by molar-refractivity contribution is -0.139. The van der Waals surface area contributed by atoms with Crippen molar-refractivity contribution in [1.29, 1.82) is 0 Å². The van der Waals surface area contributed by atoms with Gasteiger partial charge in [-0.15, -0.1) is 0 Å². The Kier molecular flexibility index (Phi) is 4.18. The molecule has 1 aliphatic carbocycles. The Morgan fingerprint density at radius 3 is 2.71 bits per heavy atom. The number of esters is 1. The predicted molar refractivity (Wildman–Crippen MR) is 66.1 cm³/mol. The zero-order valence-electron chi connectivity index (χ0n) is 10.7. The summed E-state index contributed by atoms with van der Waals surface area (Å²) in [5.74, 6) is -0.281. The van der Waals surface area contributed by atoms with Crippen LogP contribution in [0.4, 0.5) is 0 Å². The Morgan fingerprint density at radius 1 is 1.35 bits per heavy atom. The van der Waals surface area contributed by atoms with Crippen LogP contribution in [0.15, 0.2) is 12.2 Å². The molecule has 0 aromatic carbocycles. The van der Waals surface area contributed by atoms with E-state index in [4.69, 9.17) is 4.74 Å². The van der Waals surface area contributed by atoms with Crippen molar-refractivity contribution in [2.75, 3.05) is 19.8 Å². The molecule has 0 bridgehead atoms. The molecule has 0 spiro atoms. The Balaban J connectivity index is 1.60. The smallest absolute Gasteiger partial charge is 0.333 e. The van der Waals surface area contributed by atoms with E-state index in [1.807, 2.05) is 0 Å². The third kappa shape index (κ3) is 3.54. The van der Waals surface area contributed by atoms with Gasteiger partial charge in [0.25, 0.3) is 0 Å². The normalized spacial score (nSPS) is 28.8. The molecule has 4 heteroatoms. The Bertz CT molecular complexity index is 298. The van der Waals surface area contributed by atoms with Gasteiger partial charge in [0.2, 0.25) is 0 Å². The molecule has 0 amide bonds. The summed E-state index contributed by atoms with van der Waals surface area (Å²) < 4.78 is 5.08. The standard InChI is InChI=1S/C13H22N2O2/c1-11(2)13(16)17-9-8-14-10-15(14)12-6-4-3-5-7-12/h12H,1,3-10H2,2H3. The number of carbonyl (C=O) groups is 1. The predicted octanol–water partition coefficient (Wildman–Crippen LogP) is 1.93. The van der Waals surface area contributed by atoms with Crippen molar-refractivity contribution in [3.05, 3.63) is 12.2 Å². The van der Waals surface area contributed by atoms with Crippen molar-refractivity contribution in [2.45, 2.75) is 45.1 Å². The van der Waals surface area contributed by atoms with Crippen LogP contribution in [0.5, 0.6) is 0 Å².